The van der Waals surface area contributed by atoms with Gasteiger partial charge in [0.2, 0.25) is 0 Å². The summed E-state index contributed by atoms with van der Waals surface area (Å²) in [5.41, 5.74) is 0. The SMILES string of the molecule is COC1CC(C(=O)O)N(C(=O)NC(C)C)C1. The van der Waals surface area contributed by atoms with Gasteiger partial charge in [0.25, 0.3) is 0 Å². The summed E-state index contributed by atoms with van der Waals surface area (Å²) in [5.74, 6) is -0.988. The summed E-state index contributed by atoms with van der Waals surface area (Å²) < 4.78 is 5.09. The first-order valence-corrected chi connectivity index (χ1v) is 5.28. The number of amides is 2. The molecule has 0 saturated carbocycles. The van der Waals surface area contributed by atoms with Crippen LogP contribution in [0.4, 0.5) is 4.79 Å². The molecule has 0 aromatic heterocycles. The van der Waals surface area contributed by atoms with Gasteiger partial charge in [0, 0.05) is 26.1 Å². The second-order valence-electron chi connectivity index (χ2n) is 4.20. The zero-order valence-electron chi connectivity index (χ0n) is 9.77. The summed E-state index contributed by atoms with van der Waals surface area (Å²) in [7, 11) is 1.52. The fraction of sp³-hybridized carbons (Fsp3) is 0.800. The van der Waals surface area contributed by atoms with Gasteiger partial charge in [-0.05, 0) is 13.8 Å². The summed E-state index contributed by atoms with van der Waals surface area (Å²) in [6, 6.07) is -1.14. The Morgan fingerprint density at radius 3 is 2.56 bits per heavy atom. The molecule has 0 aliphatic carbocycles. The number of rotatable bonds is 3. The number of aliphatic carboxylic acids is 1. The van der Waals surface area contributed by atoms with Crippen LogP contribution in [0.2, 0.25) is 0 Å². The van der Waals surface area contributed by atoms with Crippen molar-refractivity contribution in [3.05, 3.63) is 0 Å². The lowest BCUT2D eigenvalue weighted by Gasteiger charge is -2.22. The molecule has 1 aliphatic rings. The maximum atomic E-state index is 11.7. The Morgan fingerprint density at radius 1 is 1.50 bits per heavy atom. The lowest BCUT2D eigenvalue weighted by Crippen LogP contribution is -2.48. The standard InChI is InChI=1S/C10H18N2O4/c1-6(2)11-10(15)12-5-7(16-3)4-8(12)9(13)14/h6-8H,4-5H2,1-3H3,(H,11,15)(H,13,14). The topological polar surface area (TPSA) is 78.9 Å². The van der Waals surface area contributed by atoms with Gasteiger partial charge in [-0.3, -0.25) is 0 Å². The molecule has 0 aromatic carbocycles. The van der Waals surface area contributed by atoms with Crippen LogP contribution >= 0.6 is 0 Å². The quantitative estimate of drug-likeness (QED) is 0.729. The van der Waals surface area contributed by atoms with Crippen LogP contribution in [0.3, 0.4) is 0 Å². The summed E-state index contributed by atoms with van der Waals surface area (Å²) in [6.07, 6.45) is 0.149. The van der Waals surface area contributed by atoms with E-state index in [2.05, 4.69) is 5.32 Å². The average Bonchev–Trinajstić information content (AvgIpc) is 2.60. The molecule has 1 fully saturated rings. The summed E-state index contributed by atoms with van der Waals surface area (Å²) in [4.78, 5) is 24.0. The predicted molar refractivity (Wildman–Crippen MR) is 57.2 cm³/mol. The molecular weight excluding hydrogens is 212 g/mol. The number of carbonyl (C=O) groups excluding carboxylic acids is 1. The van der Waals surface area contributed by atoms with E-state index in [0.717, 1.165) is 0 Å². The molecule has 1 rings (SSSR count). The number of nitrogens with zero attached hydrogens (tertiary/aromatic N) is 1. The van der Waals surface area contributed by atoms with Crippen LogP contribution in [-0.2, 0) is 9.53 Å². The lowest BCUT2D eigenvalue weighted by molar-refractivity contribution is -0.141. The van der Waals surface area contributed by atoms with E-state index in [-0.39, 0.29) is 18.2 Å². The van der Waals surface area contributed by atoms with Gasteiger partial charge in [-0.1, -0.05) is 0 Å². The number of carbonyl (C=O) groups is 2. The number of methoxy groups -OCH3 is 1. The number of urea groups is 1. The largest absolute Gasteiger partial charge is 0.480 e. The van der Waals surface area contributed by atoms with Crippen molar-refractivity contribution in [1.29, 1.82) is 0 Å². The van der Waals surface area contributed by atoms with Crippen LogP contribution in [0.1, 0.15) is 20.3 Å². The van der Waals surface area contributed by atoms with E-state index in [1.165, 1.54) is 12.0 Å². The minimum Gasteiger partial charge on any atom is -0.480 e. The maximum Gasteiger partial charge on any atom is 0.326 e. The second-order valence-corrected chi connectivity index (χ2v) is 4.20. The Morgan fingerprint density at radius 2 is 2.12 bits per heavy atom. The van der Waals surface area contributed by atoms with E-state index in [4.69, 9.17) is 9.84 Å². The van der Waals surface area contributed by atoms with Crippen LogP contribution in [-0.4, -0.2) is 53.8 Å². The Bertz CT molecular complexity index is 280. The molecule has 2 atom stereocenters. The smallest absolute Gasteiger partial charge is 0.326 e. The molecule has 92 valence electrons. The molecule has 1 saturated heterocycles. The van der Waals surface area contributed by atoms with Gasteiger partial charge in [0.05, 0.1) is 6.10 Å². The first kappa shape index (κ1) is 12.8. The third-order valence-electron chi connectivity index (χ3n) is 2.55. The fourth-order valence-electron chi connectivity index (χ4n) is 1.76. The summed E-state index contributed by atoms with van der Waals surface area (Å²) in [6.45, 7) is 3.99. The van der Waals surface area contributed by atoms with Crippen LogP contribution in [0, 0.1) is 0 Å². The Balaban J connectivity index is 2.69. The maximum absolute atomic E-state index is 11.7. The minimum absolute atomic E-state index is 0.0106. The molecule has 2 unspecified atom stereocenters. The average molecular weight is 230 g/mol. The third-order valence-corrected chi connectivity index (χ3v) is 2.55. The van der Waals surface area contributed by atoms with Crippen molar-refractivity contribution in [1.82, 2.24) is 10.2 Å². The molecule has 1 heterocycles. The van der Waals surface area contributed by atoms with Crippen molar-refractivity contribution < 1.29 is 19.4 Å². The molecule has 0 bridgehead atoms. The van der Waals surface area contributed by atoms with Gasteiger partial charge in [-0.2, -0.15) is 0 Å². The second kappa shape index (κ2) is 5.16. The van der Waals surface area contributed by atoms with Gasteiger partial charge in [0.1, 0.15) is 6.04 Å². The molecule has 1 aliphatic heterocycles. The molecule has 0 radical (unpaired) electrons. The highest BCUT2D eigenvalue weighted by Gasteiger charge is 2.39. The first-order chi connectivity index (χ1) is 7.45. The van der Waals surface area contributed by atoms with Crippen LogP contribution in [0.25, 0.3) is 0 Å². The number of nitrogens with one attached hydrogen (secondary N) is 1. The molecule has 6 heteroatoms. The molecular formula is C10H18N2O4. The van der Waals surface area contributed by atoms with Crippen molar-refractivity contribution in [2.75, 3.05) is 13.7 Å². The molecule has 16 heavy (non-hydrogen) atoms. The van der Waals surface area contributed by atoms with E-state index < -0.39 is 12.0 Å². The molecule has 6 nitrogen and oxygen atoms in total. The van der Waals surface area contributed by atoms with Gasteiger partial charge >= 0.3 is 12.0 Å². The predicted octanol–water partition coefficient (Wildman–Crippen LogP) is 0.278. The van der Waals surface area contributed by atoms with Gasteiger partial charge in [-0.15, -0.1) is 0 Å². The summed E-state index contributed by atoms with van der Waals surface area (Å²) in [5, 5.41) is 11.7. The molecule has 0 spiro atoms. The number of hydrogen-bond acceptors (Lipinski definition) is 3. The molecule has 2 amide bonds. The first-order valence-electron chi connectivity index (χ1n) is 5.28. The fourth-order valence-corrected chi connectivity index (χ4v) is 1.76. The minimum atomic E-state index is -0.988. The summed E-state index contributed by atoms with van der Waals surface area (Å²) >= 11 is 0. The molecule has 2 N–H and O–H groups in total. The van der Waals surface area contributed by atoms with Crippen molar-refractivity contribution in [2.24, 2.45) is 0 Å². The normalized spacial score (nSPS) is 24.9. The van der Waals surface area contributed by atoms with E-state index in [0.29, 0.717) is 13.0 Å². The number of hydrogen-bond donors (Lipinski definition) is 2. The van der Waals surface area contributed by atoms with Crippen LogP contribution in [0.5, 0.6) is 0 Å². The van der Waals surface area contributed by atoms with E-state index >= 15 is 0 Å². The third kappa shape index (κ3) is 2.85. The number of likely N-dealkylation sites (tertiary alicyclic amines) is 1. The van der Waals surface area contributed by atoms with Crippen molar-refractivity contribution in [3.63, 3.8) is 0 Å². The van der Waals surface area contributed by atoms with E-state index in [9.17, 15) is 9.59 Å². The van der Waals surface area contributed by atoms with E-state index in [1.807, 2.05) is 13.8 Å². The molecule has 0 aromatic rings. The van der Waals surface area contributed by atoms with Crippen LogP contribution in [0.15, 0.2) is 0 Å². The highest BCUT2D eigenvalue weighted by atomic mass is 16.5. The Hall–Kier alpha value is -1.30. The highest BCUT2D eigenvalue weighted by molar-refractivity contribution is 5.83. The van der Waals surface area contributed by atoms with Gasteiger partial charge in [0.15, 0.2) is 0 Å². The zero-order valence-corrected chi connectivity index (χ0v) is 9.77. The Labute approximate surface area is 94.6 Å². The van der Waals surface area contributed by atoms with Crippen LogP contribution < -0.4 is 5.32 Å². The number of ether oxygens (including phenoxy) is 1. The number of carboxylic acid groups (broad SMARTS) is 1. The number of carboxylic acids is 1. The van der Waals surface area contributed by atoms with Crippen molar-refractivity contribution in [2.45, 2.75) is 38.5 Å². The monoisotopic (exact) mass is 230 g/mol. The van der Waals surface area contributed by atoms with Gasteiger partial charge in [-0.25, -0.2) is 9.59 Å². The lowest BCUT2D eigenvalue weighted by atomic mass is 10.2. The van der Waals surface area contributed by atoms with E-state index in [1.54, 1.807) is 0 Å². The zero-order chi connectivity index (χ0) is 12.3. The Kier molecular flexibility index (Phi) is 4.12. The van der Waals surface area contributed by atoms with Gasteiger partial charge < -0.3 is 20.1 Å². The van der Waals surface area contributed by atoms with Crippen molar-refractivity contribution in [3.8, 4) is 0 Å². The van der Waals surface area contributed by atoms with Crippen molar-refractivity contribution >= 4 is 12.0 Å². The highest BCUT2D eigenvalue weighted by Crippen LogP contribution is 2.20.